The number of likely N-dealkylation sites (tertiary alicyclic amines) is 1. The third kappa shape index (κ3) is 4.88. The molecular weight excluding hydrogens is 454 g/mol. The summed E-state index contributed by atoms with van der Waals surface area (Å²) >= 11 is 0. The van der Waals surface area contributed by atoms with E-state index in [4.69, 9.17) is 9.47 Å². The number of hydrogen-bond acceptors (Lipinski definition) is 6. The summed E-state index contributed by atoms with van der Waals surface area (Å²) in [5.74, 6) is 0.788. The molecule has 186 valence electrons. The first-order valence-electron chi connectivity index (χ1n) is 12.0. The van der Waals surface area contributed by atoms with Crippen molar-refractivity contribution in [2.75, 3.05) is 32.8 Å². The van der Waals surface area contributed by atoms with E-state index in [1.54, 1.807) is 13.1 Å². The van der Waals surface area contributed by atoms with Crippen LogP contribution < -0.4 is 20.3 Å². The normalized spacial score (nSPS) is 21.3. The van der Waals surface area contributed by atoms with Crippen molar-refractivity contribution >= 4 is 11.0 Å². The average Bonchev–Trinajstić information content (AvgIpc) is 2.85. The number of rotatable bonds is 6. The number of aromatic nitrogens is 2. The monoisotopic (exact) mass is 484 g/mol. The van der Waals surface area contributed by atoms with Crippen LogP contribution in [0.2, 0.25) is 0 Å². The van der Waals surface area contributed by atoms with Crippen molar-refractivity contribution < 1.29 is 18.3 Å². The van der Waals surface area contributed by atoms with Crippen LogP contribution in [0.3, 0.4) is 0 Å². The van der Waals surface area contributed by atoms with Gasteiger partial charge in [-0.2, -0.15) is 0 Å². The van der Waals surface area contributed by atoms with Crippen molar-refractivity contribution in [1.29, 1.82) is 0 Å². The molecule has 3 atom stereocenters. The van der Waals surface area contributed by atoms with Crippen LogP contribution in [0.25, 0.3) is 11.0 Å². The highest BCUT2D eigenvalue weighted by molar-refractivity contribution is 5.78. The van der Waals surface area contributed by atoms with Crippen molar-refractivity contribution in [3.05, 3.63) is 63.8 Å². The Kier molecular flexibility index (Phi) is 6.71. The van der Waals surface area contributed by atoms with Crippen molar-refractivity contribution in [2.24, 2.45) is 7.05 Å². The molecule has 5 rings (SSSR count). The molecule has 1 N–H and O–H groups in total. The third-order valence-electron chi connectivity index (χ3n) is 6.95. The Morgan fingerprint density at radius 3 is 2.80 bits per heavy atom. The summed E-state index contributed by atoms with van der Waals surface area (Å²) in [6.07, 6.45) is 0.803. The van der Waals surface area contributed by atoms with Gasteiger partial charge in [-0.25, -0.2) is 8.78 Å². The molecule has 0 amide bonds. The van der Waals surface area contributed by atoms with Crippen molar-refractivity contribution in [2.45, 2.75) is 38.0 Å². The molecule has 3 aromatic rings. The Labute approximate surface area is 202 Å². The SMILES string of the molecule is CC(CN1CC[C@@H](NCc2ccc3c(c2)OCCO3)[C@@H](F)C1)c1c(F)cnc2ccc(=O)n(C)c12. The van der Waals surface area contributed by atoms with Gasteiger partial charge in [-0.05, 0) is 42.6 Å². The maximum Gasteiger partial charge on any atom is 0.250 e. The molecule has 2 aliphatic rings. The van der Waals surface area contributed by atoms with Crippen LogP contribution in [-0.2, 0) is 13.6 Å². The fourth-order valence-electron chi connectivity index (χ4n) is 5.11. The second-order valence-electron chi connectivity index (χ2n) is 9.41. The zero-order valence-electron chi connectivity index (χ0n) is 20.0. The second kappa shape index (κ2) is 9.91. The van der Waals surface area contributed by atoms with Crippen LogP contribution >= 0.6 is 0 Å². The number of benzene rings is 1. The molecule has 35 heavy (non-hydrogen) atoms. The summed E-state index contributed by atoms with van der Waals surface area (Å²) < 4.78 is 42.6. The lowest BCUT2D eigenvalue weighted by atomic mass is 9.96. The largest absolute Gasteiger partial charge is 0.486 e. The molecule has 0 aliphatic carbocycles. The molecule has 1 saturated heterocycles. The Morgan fingerprint density at radius 2 is 2.00 bits per heavy atom. The lowest BCUT2D eigenvalue weighted by molar-refractivity contribution is 0.0991. The highest BCUT2D eigenvalue weighted by atomic mass is 19.1. The molecule has 0 saturated carbocycles. The molecule has 0 bridgehead atoms. The number of halogens is 2. The average molecular weight is 485 g/mol. The molecule has 0 radical (unpaired) electrons. The highest BCUT2D eigenvalue weighted by Gasteiger charge is 2.30. The molecule has 9 heteroatoms. The van der Waals surface area contributed by atoms with Gasteiger partial charge in [0.05, 0.1) is 17.2 Å². The summed E-state index contributed by atoms with van der Waals surface area (Å²) in [5.41, 5.74) is 2.32. The van der Waals surface area contributed by atoms with Crippen LogP contribution in [-0.4, -0.2) is 59.5 Å². The number of nitrogens with one attached hydrogen (secondary N) is 1. The van der Waals surface area contributed by atoms with Crippen LogP contribution in [0.5, 0.6) is 11.5 Å². The van der Waals surface area contributed by atoms with E-state index in [9.17, 15) is 9.18 Å². The number of nitrogens with zero attached hydrogens (tertiary/aromatic N) is 3. The van der Waals surface area contributed by atoms with Crippen LogP contribution in [0.1, 0.15) is 30.4 Å². The van der Waals surface area contributed by atoms with E-state index in [-0.39, 0.29) is 24.1 Å². The lowest BCUT2D eigenvalue weighted by Crippen LogP contribution is -2.51. The Morgan fingerprint density at radius 1 is 1.20 bits per heavy atom. The first-order chi connectivity index (χ1) is 16.9. The minimum absolute atomic E-state index is 0.216. The van der Waals surface area contributed by atoms with Crippen molar-refractivity contribution in [3.63, 3.8) is 0 Å². The third-order valence-corrected chi connectivity index (χ3v) is 6.95. The predicted molar refractivity (Wildman–Crippen MR) is 129 cm³/mol. The van der Waals surface area contributed by atoms with Crippen LogP contribution in [0.4, 0.5) is 8.78 Å². The minimum atomic E-state index is -1.04. The van der Waals surface area contributed by atoms with Gasteiger partial charge in [-0.15, -0.1) is 0 Å². The maximum absolute atomic E-state index is 15.1. The van der Waals surface area contributed by atoms with E-state index < -0.39 is 12.0 Å². The zero-order valence-corrected chi connectivity index (χ0v) is 20.0. The number of ether oxygens (including phenoxy) is 2. The fourth-order valence-corrected chi connectivity index (χ4v) is 5.11. The topological polar surface area (TPSA) is 68.6 Å². The van der Waals surface area contributed by atoms with Crippen LogP contribution in [0.15, 0.2) is 41.3 Å². The first kappa shape index (κ1) is 23.7. The number of aryl methyl sites for hydroxylation is 1. The van der Waals surface area contributed by atoms with Gasteiger partial charge < -0.3 is 19.4 Å². The number of piperidine rings is 1. The second-order valence-corrected chi connectivity index (χ2v) is 9.41. The minimum Gasteiger partial charge on any atom is -0.486 e. The number of hydrogen-bond donors (Lipinski definition) is 1. The molecule has 1 unspecified atom stereocenters. The fraction of sp³-hybridized carbons (Fsp3) is 0.462. The van der Waals surface area contributed by atoms with Gasteiger partial charge in [0.25, 0.3) is 5.56 Å². The van der Waals surface area contributed by atoms with Gasteiger partial charge in [-0.1, -0.05) is 13.0 Å². The van der Waals surface area contributed by atoms with Gasteiger partial charge in [-0.3, -0.25) is 14.7 Å². The summed E-state index contributed by atoms with van der Waals surface area (Å²) in [6, 6.07) is 8.58. The Balaban J connectivity index is 1.21. The Bertz CT molecular complexity index is 1280. The van der Waals surface area contributed by atoms with E-state index in [2.05, 4.69) is 10.3 Å². The van der Waals surface area contributed by atoms with Gasteiger partial charge in [0.15, 0.2) is 11.5 Å². The van der Waals surface area contributed by atoms with Gasteiger partial charge in [0.1, 0.15) is 25.2 Å². The van der Waals surface area contributed by atoms with E-state index >= 15 is 4.39 Å². The number of pyridine rings is 2. The molecule has 2 aromatic heterocycles. The number of fused-ring (bicyclic) bond motifs is 2. The quantitative estimate of drug-likeness (QED) is 0.580. The van der Waals surface area contributed by atoms with Gasteiger partial charge in [0, 0.05) is 44.4 Å². The number of alkyl halides is 1. The standard InChI is InChI=1S/C26H30F2N4O3/c1-16(25-18(27)13-30-21-4-6-24(33)31(2)26(21)25)14-32-8-7-20(19(28)15-32)29-12-17-3-5-22-23(11-17)35-10-9-34-22/h3-6,11,13,16,19-20,29H,7-10,12,14-15H2,1-2H3/t16?,19-,20+/m0/s1. The summed E-state index contributed by atoms with van der Waals surface area (Å²) in [5, 5.41) is 3.34. The van der Waals surface area contributed by atoms with E-state index in [0.29, 0.717) is 55.9 Å². The molecule has 0 spiro atoms. The predicted octanol–water partition coefficient (Wildman–Crippen LogP) is 3.15. The van der Waals surface area contributed by atoms with E-state index in [1.807, 2.05) is 30.0 Å². The van der Waals surface area contributed by atoms with Gasteiger partial charge >= 0.3 is 0 Å². The molecule has 1 aromatic carbocycles. The van der Waals surface area contributed by atoms with Crippen molar-refractivity contribution in [1.82, 2.24) is 19.8 Å². The van der Waals surface area contributed by atoms with E-state index in [0.717, 1.165) is 17.1 Å². The van der Waals surface area contributed by atoms with Gasteiger partial charge in [0.2, 0.25) is 0 Å². The van der Waals surface area contributed by atoms with Crippen LogP contribution in [0, 0.1) is 5.82 Å². The summed E-state index contributed by atoms with van der Waals surface area (Å²) in [4.78, 5) is 18.3. The summed E-state index contributed by atoms with van der Waals surface area (Å²) in [6.45, 7) is 5.00. The first-order valence-corrected chi connectivity index (χ1v) is 12.0. The van der Waals surface area contributed by atoms with Crippen molar-refractivity contribution in [3.8, 4) is 11.5 Å². The highest BCUT2D eigenvalue weighted by Crippen LogP contribution is 2.31. The molecular formula is C26H30F2N4O3. The smallest absolute Gasteiger partial charge is 0.250 e. The van der Waals surface area contributed by atoms with E-state index in [1.165, 1.54) is 16.8 Å². The Hall–Kier alpha value is -3.04. The zero-order chi connectivity index (χ0) is 24.5. The molecule has 4 heterocycles. The molecule has 2 aliphatic heterocycles. The molecule has 1 fully saturated rings. The molecule has 7 nitrogen and oxygen atoms in total. The summed E-state index contributed by atoms with van der Waals surface area (Å²) in [7, 11) is 1.62. The lowest BCUT2D eigenvalue weighted by Gasteiger charge is -2.36. The maximum atomic E-state index is 15.1.